The maximum Gasteiger partial charge on any atom is 0.339 e. The molecule has 0 radical (unpaired) electrons. The molecule has 0 saturated heterocycles. The SMILES string of the molecule is Cc1ccc(-c2cc(C(=O)OCC(=O)Nc3ccc4c(c3)OCCO4)c3ccccc3n2)cc1. The lowest BCUT2D eigenvalue weighted by Crippen LogP contribution is -2.21. The minimum absolute atomic E-state index is 0.355. The van der Waals surface area contributed by atoms with E-state index in [1.807, 2.05) is 55.5 Å². The molecule has 1 aromatic heterocycles. The summed E-state index contributed by atoms with van der Waals surface area (Å²) in [5.74, 6) is 0.143. The van der Waals surface area contributed by atoms with E-state index in [-0.39, 0.29) is 0 Å². The van der Waals surface area contributed by atoms with Crippen molar-refractivity contribution in [3.63, 3.8) is 0 Å². The van der Waals surface area contributed by atoms with Gasteiger partial charge in [-0.1, -0.05) is 48.0 Å². The van der Waals surface area contributed by atoms with Crippen molar-refractivity contribution in [2.75, 3.05) is 25.1 Å². The number of esters is 1. The zero-order valence-electron chi connectivity index (χ0n) is 18.5. The van der Waals surface area contributed by atoms with Crippen molar-refractivity contribution in [3.05, 3.63) is 83.9 Å². The minimum atomic E-state index is -0.593. The molecule has 0 bridgehead atoms. The number of ether oxygens (including phenoxy) is 3. The number of carbonyl (C=O) groups is 2. The average molecular weight is 454 g/mol. The first-order valence-corrected chi connectivity index (χ1v) is 10.9. The lowest BCUT2D eigenvalue weighted by Gasteiger charge is -2.19. The van der Waals surface area contributed by atoms with E-state index < -0.39 is 18.5 Å². The number of nitrogens with zero attached hydrogens (tertiary/aromatic N) is 1. The van der Waals surface area contributed by atoms with Gasteiger partial charge in [0, 0.05) is 22.7 Å². The van der Waals surface area contributed by atoms with Crippen molar-refractivity contribution >= 4 is 28.5 Å². The molecule has 0 spiro atoms. The van der Waals surface area contributed by atoms with Crippen LogP contribution in [0.2, 0.25) is 0 Å². The maximum atomic E-state index is 13.0. The molecule has 1 aliphatic heterocycles. The van der Waals surface area contributed by atoms with E-state index in [4.69, 9.17) is 19.2 Å². The Labute approximate surface area is 196 Å². The number of hydrogen-bond acceptors (Lipinski definition) is 6. The number of aromatic nitrogens is 1. The topological polar surface area (TPSA) is 86.8 Å². The molecule has 0 fully saturated rings. The predicted molar refractivity (Wildman–Crippen MR) is 128 cm³/mol. The van der Waals surface area contributed by atoms with Gasteiger partial charge in [-0.15, -0.1) is 0 Å². The van der Waals surface area contributed by atoms with Crippen molar-refractivity contribution in [2.45, 2.75) is 6.92 Å². The zero-order valence-corrected chi connectivity index (χ0v) is 18.5. The van der Waals surface area contributed by atoms with Crippen LogP contribution in [0.25, 0.3) is 22.2 Å². The fraction of sp³-hybridized carbons (Fsp3) is 0.148. The lowest BCUT2D eigenvalue weighted by molar-refractivity contribution is -0.119. The van der Waals surface area contributed by atoms with E-state index in [1.165, 1.54) is 0 Å². The highest BCUT2D eigenvalue weighted by Crippen LogP contribution is 2.32. The van der Waals surface area contributed by atoms with Gasteiger partial charge in [-0.3, -0.25) is 4.79 Å². The van der Waals surface area contributed by atoms with Gasteiger partial charge < -0.3 is 19.5 Å². The van der Waals surface area contributed by atoms with Crippen LogP contribution in [0.15, 0.2) is 72.8 Å². The van der Waals surface area contributed by atoms with Crippen LogP contribution >= 0.6 is 0 Å². The summed E-state index contributed by atoms with van der Waals surface area (Å²) in [6.07, 6.45) is 0. The second-order valence-electron chi connectivity index (χ2n) is 7.92. The van der Waals surface area contributed by atoms with Crippen molar-refractivity contribution in [2.24, 2.45) is 0 Å². The van der Waals surface area contributed by atoms with Crippen molar-refractivity contribution in [1.29, 1.82) is 0 Å². The van der Waals surface area contributed by atoms with Crippen LogP contribution in [0.1, 0.15) is 15.9 Å². The summed E-state index contributed by atoms with van der Waals surface area (Å²) in [5, 5.41) is 3.38. The van der Waals surface area contributed by atoms with Crippen LogP contribution in [-0.2, 0) is 9.53 Å². The molecular weight excluding hydrogens is 432 g/mol. The van der Waals surface area contributed by atoms with E-state index in [9.17, 15) is 9.59 Å². The molecule has 34 heavy (non-hydrogen) atoms. The van der Waals surface area contributed by atoms with Crippen LogP contribution in [0.3, 0.4) is 0 Å². The molecular formula is C27H22N2O5. The van der Waals surface area contributed by atoms with E-state index in [2.05, 4.69) is 5.32 Å². The Morgan fingerprint density at radius 3 is 2.53 bits per heavy atom. The smallest absolute Gasteiger partial charge is 0.339 e. The Balaban J connectivity index is 1.33. The van der Waals surface area contributed by atoms with Gasteiger partial charge in [0.1, 0.15) is 13.2 Å². The van der Waals surface area contributed by atoms with Crippen molar-refractivity contribution in [3.8, 4) is 22.8 Å². The van der Waals surface area contributed by atoms with Crippen molar-refractivity contribution < 1.29 is 23.8 Å². The Morgan fingerprint density at radius 1 is 0.941 bits per heavy atom. The highest BCUT2D eigenvalue weighted by molar-refractivity contribution is 6.05. The normalized spacial score (nSPS) is 12.3. The number of rotatable bonds is 5. The summed E-state index contributed by atoms with van der Waals surface area (Å²) in [6.45, 7) is 2.52. The third-order valence-corrected chi connectivity index (χ3v) is 5.44. The number of nitrogens with one attached hydrogen (secondary N) is 1. The number of pyridine rings is 1. The first-order chi connectivity index (χ1) is 16.6. The van der Waals surface area contributed by atoms with E-state index >= 15 is 0 Å². The number of carbonyl (C=O) groups excluding carboxylic acids is 2. The first-order valence-electron chi connectivity index (χ1n) is 10.9. The number of anilines is 1. The zero-order chi connectivity index (χ0) is 23.5. The number of aryl methyl sites for hydroxylation is 1. The molecule has 5 rings (SSSR count). The largest absolute Gasteiger partial charge is 0.486 e. The Morgan fingerprint density at radius 2 is 1.71 bits per heavy atom. The molecule has 1 aliphatic rings. The minimum Gasteiger partial charge on any atom is -0.486 e. The number of amides is 1. The van der Waals surface area contributed by atoms with Crippen LogP contribution in [0.4, 0.5) is 5.69 Å². The monoisotopic (exact) mass is 454 g/mol. The molecule has 2 heterocycles. The molecule has 4 aromatic rings. The number of fused-ring (bicyclic) bond motifs is 2. The molecule has 0 saturated carbocycles. The quantitative estimate of drug-likeness (QED) is 0.437. The third kappa shape index (κ3) is 4.54. The molecule has 3 aromatic carbocycles. The molecule has 0 unspecified atom stereocenters. The first kappa shape index (κ1) is 21.5. The van der Waals surface area contributed by atoms with E-state index in [1.54, 1.807) is 24.3 Å². The van der Waals surface area contributed by atoms with Gasteiger partial charge in [-0.2, -0.15) is 0 Å². The molecule has 170 valence electrons. The Hall–Kier alpha value is -4.39. The molecule has 1 amide bonds. The standard InChI is InChI=1S/C27H22N2O5/c1-17-6-8-18(9-7-17)23-15-21(20-4-2-3-5-22(20)29-23)27(31)34-16-26(30)28-19-10-11-24-25(14-19)33-13-12-32-24/h2-11,14-15H,12-13,16H2,1H3,(H,28,30). The van der Waals surface area contributed by atoms with Gasteiger partial charge >= 0.3 is 5.97 Å². The van der Waals surface area contributed by atoms with Crippen LogP contribution in [-0.4, -0.2) is 36.7 Å². The molecule has 7 heteroatoms. The van der Waals surface area contributed by atoms with Gasteiger partial charge in [0.25, 0.3) is 5.91 Å². The van der Waals surface area contributed by atoms with Crippen LogP contribution < -0.4 is 14.8 Å². The van der Waals surface area contributed by atoms with Crippen molar-refractivity contribution in [1.82, 2.24) is 4.98 Å². The lowest BCUT2D eigenvalue weighted by atomic mass is 10.0. The van der Waals surface area contributed by atoms with Gasteiger partial charge in [-0.05, 0) is 31.2 Å². The molecule has 0 aliphatic carbocycles. The number of para-hydroxylation sites is 1. The molecule has 7 nitrogen and oxygen atoms in total. The van der Waals surface area contributed by atoms with Gasteiger partial charge in [0.15, 0.2) is 18.1 Å². The second-order valence-corrected chi connectivity index (χ2v) is 7.92. The number of benzene rings is 3. The second kappa shape index (κ2) is 9.23. The fourth-order valence-corrected chi connectivity index (χ4v) is 3.74. The van der Waals surface area contributed by atoms with Crippen LogP contribution in [0.5, 0.6) is 11.5 Å². The molecule has 0 atom stereocenters. The van der Waals surface area contributed by atoms with E-state index in [0.29, 0.717) is 52.6 Å². The summed E-state index contributed by atoms with van der Waals surface area (Å²) in [6, 6.07) is 22.1. The van der Waals surface area contributed by atoms with Gasteiger partial charge in [0.05, 0.1) is 16.8 Å². The van der Waals surface area contributed by atoms with Gasteiger partial charge in [-0.25, -0.2) is 9.78 Å². The number of hydrogen-bond donors (Lipinski definition) is 1. The maximum absolute atomic E-state index is 13.0. The summed E-state index contributed by atoms with van der Waals surface area (Å²) >= 11 is 0. The molecule has 1 N–H and O–H groups in total. The van der Waals surface area contributed by atoms with E-state index in [0.717, 1.165) is 11.1 Å². The Bertz CT molecular complexity index is 1380. The third-order valence-electron chi connectivity index (χ3n) is 5.44. The highest BCUT2D eigenvalue weighted by Gasteiger charge is 2.17. The van der Waals surface area contributed by atoms with Gasteiger partial charge in [0.2, 0.25) is 0 Å². The summed E-state index contributed by atoms with van der Waals surface area (Å²) in [4.78, 5) is 30.1. The summed E-state index contributed by atoms with van der Waals surface area (Å²) < 4.78 is 16.4. The summed E-state index contributed by atoms with van der Waals surface area (Å²) in [5.41, 5.74) is 4.24. The highest BCUT2D eigenvalue weighted by atomic mass is 16.6. The fourth-order valence-electron chi connectivity index (χ4n) is 3.74. The predicted octanol–water partition coefficient (Wildman–Crippen LogP) is 4.78. The summed E-state index contributed by atoms with van der Waals surface area (Å²) in [7, 11) is 0. The van der Waals surface area contributed by atoms with Crippen LogP contribution in [0, 0.1) is 6.92 Å². The Kier molecular flexibility index (Phi) is 5.82. The average Bonchev–Trinajstić information content (AvgIpc) is 2.87.